The first-order chi connectivity index (χ1) is 17.2. The zero-order valence-corrected chi connectivity index (χ0v) is 23.0. The number of carbonyl (C=O) groups excluding carboxylic acids is 2. The third-order valence-electron chi connectivity index (χ3n) is 5.41. The molecular weight excluding hydrogens is 527 g/mol. The summed E-state index contributed by atoms with van der Waals surface area (Å²) in [5.74, 6) is -2.90. The number of carbonyl (C=O) groups is 2. The molecule has 0 aliphatic carbocycles. The van der Waals surface area contributed by atoms with Crippen LogP contribution in [0.5, 0.6) is 0 Å². The van der Waals surface area contributed by atoms with Gasteiger partial charge in [-0.3, -0.25) is 9.79 Å². The number of hydrogen-bond donors (Lipinski definition) is 0. The lowest BCUT2D eigenvalue weighted by Gasteiger charge is -2.32. The van der Waals surface area contributed by atoms with Gasteiger partial charge in [-0.1, -0.05) is 46.7 Å². The molecule has 194 valence electrons. The van der Waals surface area contributed by atoms with E-state index in [1.54, 1.807) is 32.0 Å². The lowest BCUT2D eigenvalue weighted by molar-refractivity contribution is -0.144. The highest BCUT2D eigenvalue weighted by Gasteiger charge is 2.44. The fourth-order valence-corrected chi connectivity index (χ4v) is 5.26. The van der Waals surface area contributed by atoms with Crippen LogP contribution >= 0.6 is 34.5 Å². The van der Waals surface area contributed by atoms with Crippen LogP contribution in [0.25, 0.3) is 0 Å². The standard InChI is InChI=1S/C24H28Cl2N4O5S/c1-6-35-24(32)21-16(11-34-12-18-29-28-17(36-18)10-30(3)4)27-13(2)19(23(31)33-5)20(21)14-8-7-9-15(25)22(14)26/h7-9,19-20H,6,10-12H2,1-5H3. The van der Waals surface area contributed by atoms with Crippen molar-refractivity contribution in [2.24, 2.45) is 10.9 Å². The Balaban J connectivity index is 2.00. The van der Waals surface area contributed by atoms with Crippen molar-refractivity contribution in [3.63, 3.8) is 0 Å². The largest absolute Gasteiger partial charge is 0.468 e. The highest BCUT2D eigenvalue weighted by molar-refractivity contribution is 7.11. The Bertz CT molecular complexity index is 1180. The average molecular weight is 555 g/mol. The number of hydrogen-bond acceptors (Lipinski definition) is 10. The van der Waals surface area contributed by atoms with Gasteiger partial charge in [0.2, 0.25) is 0 Å². The molecule has 0 fully saturated rings. The molecule has 36 heavy (non-hydrogen) atoms. The van der Waals surface area contributed by atoms with E-state index >= 15 is 0 Å². The Morgan fingerprint density at radius 2 is 1.86 bits per heavy atom. The van der Waals surface area contributed by atoms with Crippen molar-refractivity contribution in [3.8, 4) is 0 Å². The SMILES string of the molecule is CCOC(=O)C1=C(COCc2nnc(CN(C)C)s2)N=C(C)C(C(=O)OC)C1c1cccc(Cl)c1Cl. The Hall–Kier alpha value is -2.37. The number of benzene rings is 1. The number of esters is 2. The number of aromatic nitrogens is 2. The molecule has 12 heteroatoms. The first kappa shape index (κ1) is 28.2. The van der Waals surface area contributed by atoms with Crippen LogP contribution in [-0.4, -0.2) is 67.2 Å². The maximum atomic E-state index is 13.2. The van der Waals surface area contributed by atoms with Crippen molar-refractivity contribution in [2.75, 3.05) is 34.4 Å². The zero-order chi connectivity index (χ0) is 26.4. The predicted molar refractivity (Wildman–Crippen MR) is 138 cm³/mol. The number of ether oxygens (including phenoxy) is 3. The second-order valence-corrected chi connectivity index (χ2v) is 10.2. The van der Waals surface area contributed by atoms with E-state index in [0.29, 0.717) is 33.5 Å². The van der Waals surface area contributed by atoms with Crippen LogP contribution in [-0.2, 0) is 37.0 Å². The average Bonchev–Trinajstić information content (AvgIpc) is 3.26. The van der Waals surface area contributed by atoms with Crippen LogP contribution in [0.2, 0.25) is 10.0 Å². The zero-order valence-electron chi connectivity index (χ0n) is 20.7. The monoisotopic (exact) mass is 554 g/mol. The Morgan fingerprint density at radius 3 is 2.53 bits per heavy atom. The van der Waals surface area contributed by atoms with Crippen LogP contribution in [0, 0.1) is 5.92 Å². The van der Waals surface area contributed by atoms with Gasteiger partial charge in [-0.2, -0.15) is 0 Å². The number of rotatable bonds is 10. The third-order valence-corrected chi connectivity index (χ3v) is 7.12. The minimum absolute atomic E-state index is 0.0172. The van der Waals surface area contributed by atoms with Crippen molar-refractivity contribution in [1.29, 1.82) is 0 Å². The molecule has 2 unspecified atom stereocenters. The molecule has 1 aliphatic rings. The van der Waals surface area contributed by atoms with E-state index in [-0.39, 0.29) is 30.4 Å². The Kier molecular flexibility index (Phi) is 9.98. The van der Waals surface area contributed by atoms with Gasteiger partial charge in [-0.15, -0.1) is 10.2 Å². The summed E-state index contributed by atoms with van der Waals surface area (Å²) in [5, 5.41) is 10.4. The molecule has 0 radical (unpaired) electrons. The van der Waals surface area contributed by atoms with E-state index in [1.807, 2.05) is 19.0 Å². The second kappa shape index (κ2) is 12.7. The summed E-state index contributed by atoms with van der Waals surface area (Å²) >= 11 is 14.3. The summed E-state index contributed by atoms with van der Waals surface area (Å²) in [6.07, 6.45) is 0. The summed E-state index contributed by atoms with van der Waals surface area (Å²) in [5.41, 5.74) is 1.46. The predicted octanol–water partition coefficient (Wildman–Crippen LogP) is 4.29. The molecule has 1 aliphatic heterocycles. The Labute approximate surface area is 224 Å². The fraction of sp³-hybridized carbons (Fsp3) is 0.458. The van der Waals surface area contributed by atoms with Gasteiger partial charge in [0.25, 0.3) is 0 Å². The van der Waals surface area contributed by atoms with E-state index in [2.05, 4.69) is 15.2 Å². The van der Waals surface area contributed by atoms with Crippen LogP contribution in [0.15, 0.2) is 34.5 Å². The van der Waals surface area contributed by atoms with Gasteiger partial charge in [0.05, 0.1) is 48.2 Å². The highest BCUT2D eigenvalue weighted by atomic mass is 35.5. The van der Waals surface area contributed by atoms with Crippen molar-refractivity contribution in [1.82, 2.24) is 15.1 Å². The molecule has 0 saturated carbocycles. The molecule has 2 heterocycles. The molecular formula is C24H28Cl2N4O5S. The van der Waals surface area contributed by atoms with Gasteiger partial charge >= 0.3 is 11.9 Å². The van der Waals surface area contributed by atoms with E-state index < -0.39 is 23.8 Å². The first-order valence-corrected chi connectivity index (χ1v) is 12.8. The minimum Gasteiger partial charge on any atom is -0.468 e. The molecule has 1 aromatic carbocycles. The summed E-state index contributed by atoms with van der Waals surface area (Å²) < 4.78 is 16.3. The third kappa shape index (κ3) is 6.49. The van der Waals surface area contributed by atoms with Crippen molar-refractivity contribution in [2.45, 2.75) is 32.9 Å². The van der Waals surface area contributed by atoms with E-state index in [0.717, 1.165) is 5.01 Å². The van der Waals surface area contributed by atoms with Gasteiger partial charge in [0, 0.05) is 11.6 Å². The quantitative estimate of drug-likeness (QED) is 0.400. The van der Waals surface area contributed by atoms with Crippen LogP contribution in [0.3, 0.4) is 0 Å². The van der Waals surface area contributed by atoms with E-state index in [4.69, 9.17) is 37.4 Å². The van der Waals surface area contributed by atoms with Crippen molar-refractivity contribution >= 4 is 52.2 Å². The molecule has 9 nitrogen and oxygen atoms in total. The van der Waals surface area contributed by atoms with Crippen LogP contribution < -0.4 is 0 Å². The molecule has 0 saturated heterocycles. The lowest BCUT2D eigenvalue weighted by atomic mass is 9.75. The number of methoxy groups -OCH3 is 1. The maximum absolute atomic E-state index is 13.2. The summed E-state index contributed by atoms with van der Waals surface area (Å²) in [4.78, 5) is 32.7. The molecule has 0 bridgehead atoms. The van der Waals surface area contributed by atoms with Gasteiger partial charge in [-0.25, -0.2) is 4.79 Å². The second-order valence-electron chi connectivity index (χ2n) is 8.28. The topological polar surface area (TPSA) is 103 Å². The molecule has 0 spiro atoms. The summed E-state index contributed by atoms with van der Waals surface area (Å²) in [6.45, 7) is 4.38. The maximum Gasteiger partial charge on any atom is 0.336 e. The molecule has 0 amide bonds. The molecule has 0 N–H and O–H groups in total. The summed E-state index contributed by atoms with van der Waals surface area (Å²) in [7, 11) is 5.19. The molecule has 2 aromatic rings. The fourth-order valence-electron chi connectivity index (χ4n) is 3.94. The highest BCUT2D eigenvalue weighted by Crippen LogP contribution is 2.44. The van der Waals surface area contributed by atoms with E-state index in [9.17, 15) is 9.59 Å². The first-order valence-electron chi connectivity index (χ1n) is 11.2. The van der Waals surface area contributed by atoms with Gasteiger partial charge in [0.15, 0.2) is 0 Å². The smallest absolute Gasteiger partial charge is 0.336 e. The van der Waals surface area contributed by atoms with Crippen molar-refractivity contribution < 1.29 is 23.8 Å². The van der Waals surface area contributed by atoms with E-state index in [1.165, 1.54) is 18.4 Å². The van der Waals surface area contributed by atoms with Gasteiger partial charge in [0.1, 0.15) is 22.5 Å². The van der Waals surface area contributed by atoms with Crippen molar-refractivity contribution in [3.05, 3.63) is 55.1 Å². The van der Waals surface area contributed by atoms with Gasteiger partial charge < -0.3 is 19.1 Å². The lowest BCUT2D eigenvalue weighted by Crippen LogP contribution is -2.37. The molecule has 1 aromatic heterocycles. The van der Waals surface area contributed by atoms with Gasteiger partial charge in [-0.05, 0) is 39.6 Å². The normalized spacial score (nSPS) is 17.8. The molecule has 2 atom stereocenters. The van der Waals surface area contributed by atoms with Crippen LogP contribution in [0.1, 0.15) is 35.3 Å². The number of aliphatic imine (C=N–C) groups is 1. The summed E-state index contributed by atoms with van der Waals surface area (Å²) in [6, 6.07) is 5.06. The van der Waals surface area contributed by atoms with Crippen LogP contribution in [0.4, 0.5) is 0 Å². The number of nitrogens with zero attached hydrogens (tertiary/aromatic N) is 4. The Morgan fingerprint density at radius 1 is 1.14 bits per heavy atom. The number of halogens is 2. The molecule has 3 rings (SSSR count). The minimum atomic E-state index is -0.897.